The molecule has 0 bridgehead atoms. The van der Waals surface area contributed by atoms with E-state index in [9.17, 15) is 38.4 Å². The van der Waals surface area contributed by atoms with E-state index in [1.54, 1.807) is 0 Å². The molecule has 63 heavy (non-hydrogen) atoms. The third-order valence-corrected chi connectivity index (χ3v) is 11.1. The van der Waals surface area contributed by atoms with Gasteiger partial charge in [0.1, 0.15) is 24.8 Å². The van der Waals surface area contributed by atoms with Gasteiger partial charge in [0, 0.05) is 68.2 Å². The molecule has 0 radical (unpaired) electrons. The van der Waals surface area contributed by atoms with Gasteiger partial charge in [0.05, 0.1) is 25.3 Å². The van der Waals surface area contributed by atoms with Crippen molar-refractivity contribution in [3.8, 4) is 0 Å². The molecule has 0 unspecified atom stereocenters. The maximum Gasteiger partial charge on any atom is 0.251 e. The number of rotatable bonds is 29. The summed E-state index contributed by atoms with van der Waals surface area (Å²) in [5, 5.41) is 10.5. The Morgan fingerprint density at radius 2 is 1.02 bits per heavy atom. The minimum Gasteiger partial charge on any atom is -0.370 e. The smallest absolute Gasteiger partial charge is 0.251 e. The number of hydrogen-bond acceptors (Lipinski definition) is 10. The fourth-order valence-corrected chi connectivity index (χ4v) is 6.79. The highest BCUT2D eigenvalue weighted by Gasteiger charge is 2.23. The lowest BCUT2D eigenvalue weighted by Crippen LogP contribution is -2.43. The van der Waals surface area contributed by atoms with Crippen LogP contribution in [0, 0.1) is 11.8 Å². The zero-order chi connectivity index (χ0) is 48.8. The van der Waals surface area contributed by atoms with Gasteiger partial charge in [-0.2, -0.15) is 0 Å². The van der Waals surface area contributed by atoms with Gasteiger partial charge in [-0.3, -0.25) is 38.4 Å². The largest absolute Gasteiger partial charge is 0.370 e. The first-order valence-corrected chi connectivity index (χ1v) is 22.1. The van der Waals surface area contributed by atoms with Crippen LogP contribution >= 0.6 is 0 Å². The Hall–Kier alpha value is -5.08. The molecule has 14 nitrogen and oxygen atoms in total. The molecule has 0 saturated heterocycles. The summed E-state index contributed by atoms with van der Waals surface area (Å²) in [5.41, 5.74) is 3.63. The summed E-state index contributed by atoms with van der Waals surface area (Å²) in [6, 6.07) is 13.4. The third-order valence-electron chi connectivity index (χ3n) is 11.1. The van der Waals surface area contributed by atoms with Gasteiger partial charge < -0.3 is 30.7 Å². The Morgan fingerprint density at radius 3 is 1.44 bits per heavy atom. The van der Waals surface area contributed by atoms with Crippen molar-refractivity contribution < 1.29 is 53.3 Å². The molecule has 2 aliphatic rings. The van der Waals surface area contributed by atoms with E-state index in [1.807, 2.05) is 48.5 Å². The summed E-state index contributed by atoms with van der Waals surface area (Å²) >= 11 is 0. The zero-order valence-corrected chi connectivity index (χ0v) is 36.7. The van der Waals surface area contributed by atoms with Gasteiger partial charge in [0.15, 0.2) is 11.6 Å². The minimum atomic E-state index is -1.00. The van der Waals surface area contributed by atoms with Crippen LogP contribution in [0.1, 0.15) is 148 Å². The number of ether oxygens (including phenoxy) is 2. The average molecular weight is 879 g/mol. The van der Waals surface area contributed by atoms with Crippen molar-refractivity contribution in [3.63, 3.8) is 0 Å². The summed E-state index contributed by atoms with van der Waals surface area (Å²) in [6.07, 6.45) is 10.0. The van der Waals surface area contributed by atoms with Gasteiger partial charge in [0.25, 0.3) is 11.8 Å². The first kappa shape index (κ1) is 45.9. The molecule has 2 fully saturated rings. The number of carbonyl (C=O) groups is 8. The molecule has 0 aromatic heterocycles. The van der Waals surface area contributed by atoms with Crippen molar-refractivity contribution >= 4 is 46.8 Å². The quantitative estimate of drug-likeness (QED) is 0.0745. The van der Waals surface area contributed by atoms with E-state index >= 15 is 0 Å². The summed E-state index contributed by atoms with van der Waals surface area (Å²) in [5.74, 6) is -1.02. The molecule has 0 heterocycles. The molecule has 0 spiro atoms. The Kier molecular flexibility index (Phi) is 21.4. The van der Waals surface area contributed by atoms with Crippen molar-refractivity contribution in [1.82, 2.24) is 21.3 Å². The van der Waals surface area contributed by atoms with Crippen molar-refractivity contribution in [2.45, 2.75) is 136 Å². The van der Waals surface area contributed by atoms with E-state index < -0.39 is 23.9 Å². The molecule has 0 aliphatic heterocycles. The van der Waals surface area contributed by atoms with Crippen LogP contribution in [0.3, 0.4) is 0 Å². The van der Waals surface area contributed by atoms with E-state index in [-0.39, 0.29) is 147 Å². The summed E-state index contributed by atoms with van der Waals surface area (Å²) in [6.45, 7) is -0.201. The highest BCUT2D eigenvalue weighted by molar-refractivity contribution is 5.95. The lowest BCUT2D eigenvalue weighted by atomic mass is 9.81. The highest BCUT2D eigenvalue weighted by Crippen LogP contribution is 2.30. The number of hydrogen-bond donors (Lipinski definition) is 4. The topological polar surface area (TPSA) is 203 Å². The van der Waals surface area contributed by atoms with E-state index in [1.165, 1.54) is 49.7 Å². The van der Waals surface area contributed by atoms with Crippen LogP contribution in [0.2, 0.25) is 0 Å². The first-order chi connectivity index (χ1) is 32.3. The zero-order valence-electron chi connectivity index (χ0n) is 40.7. The third kappa shape index (κ3) is 20.3. The Balaban J connectivity index is 0.000000355. The van der Waals surface area contributed by atoms with Gasteiger partial charge in [-0.05, 0) is 66.5 Å². The van der Waals surface area contributed by atoms with E-state index in [0.717, 1.165) is 24.7 Å². The number of benzene rings is 2. The van der Waals surface area contributed by atoms with Crippen molar-refractivity contribution in [1.29, 1.82) is 0 Å². The van der Waals surface area contributed by atoms with Crippen LogP contribution < -0.4 is 21.3 Å². The predicted octanol–water partition coefficient (Wildman–Crippen LogP) is 5.61. The van der Waals surface area contributed by atoms with Crippen LogP contribution in [-0.4, -0.2) is 98.4 Å². The maximum atomic E-state index is 12.3. The molecular weight excluding hydrogens is 805 g/mol. The number of carbonyl (C=O) groups excluding carboxylic acids is 8. The lowest BCUT2D eigenvalue weighted by molar-refractivity contribution is -0.132. The summed E-state index contributed by atoms with van der Waals surface area (Å²) in [4.78, 5) is 96.4. The molecule has 346 valence electrons. The lowest BCUT2D eigenvalue weighted by Gasteiger charge is -2.25. The molecule has 2 aromatic carbocycles. The molecule has 14 heteroatoms. The van der Waals surface area contributed by atoms with Crippen molar-refractivity contribution in [2.24, 2.45) is 11.8 Å². The van der Waals surface area contributed by atoms with E-state index in [0.29, 0.717) is 11.1 Å². The summed E-state index contributed by atoms with van der Waals surface area (Å²) in [7, 11) is 0. The molecule has 2 aliphatic carbocycles. The monoisotopic (exact) mass is 879 g/mol. The van der Waals surface area contributed by atoms with Crippen LogP contribution in [0.4, 0.5) is 0 Å². The fraction of sp³-hybridized carbons (Fsp3) is 0.592. The molecule has 4 N–H and O–H groups in total. The van der Waals surface area contributed by atoms with Crippen LogP contribution in [0.5, 0.6) is 0 Å². The maximum absolute atomic E-state index is 12.3. The normalized spacial score (nSPS) is 15.2. The van der Waals surface area contributed by atoms with Crippen LogP contribution in [0.15, 0.2) is 48.5 Å². The highest BCUT2D eigenvalue weighted by atomic mass is 16.5. The SMILES string of the molecule is [2H]CCC(=O)CC[C@H](NC(=O)COCCNC(=O)c1ccc(CC2CCC2)cc1)C(=O)CC[2H].[2H]CCC(=O)C[C@H](NC(=O)COCCNC(=O)c1ccc(CC2CCC2)cc1)C(=O)CC[2H]. The fourth-order valence-electron chi connectivity index (χ4n) is 6.79. The van der Waals surface area contributed by atoms with Crippen molar-refractivity contribution in [3.05, 3.63) is 70.8 Å². The average Bonchev–Trinajstić information content (AvgIpc) is 3.28. The van der Waals surface area contributed by atoms with Crippen LogP contribution in [-0.2, 0) is 51.1 Å². The van der Waals surface area contributed by atoms with Crippen molar-refractivity contribution in [2.75, 3.05) is 39.5 Å². The first-order valence-electron chi connectivity index (χ1n) is 24.9. The minimum absolute atomic E-state index is 0.00731. The predicted molar refractivity (Wildman–Crippen MR) is 240 cm³/mol. The van der Waals surface area contributed by atoms with Gasteiger partial charge >= 0.3 is 0 Å². The Labute approximate surface area is 378 Å². The molecule has 2 aromatic rings. The van der Waals surface area contributed by atoms with Gasteiger partial charge in [-0.1, -0.05) is 90.4 Å². The van der Waals surface area contributed by atoms with E-state index in [2.05, 4.69) is 21.3 Å². The molecular formula is C49H70N4O10. The number of nitrogens with one attached hydrogen (secondary N) is 4. The summed E-state index contributed by atoms with van der Waals surface area (Å²) < 4.78 is 39.1. The Morgan fingerprint density at radius 1 is 0.587 bits per heavy atom. The second-order valence-electron chi connectivity index (χ2n) is 16.0. The molecule has 4 amide bonds. The molecule has 4 rings (SSSR count). The second kappa shape index (κ2) is 29.3. The van der Waals surface area contributed by atoms with Gasteiger partial charge in [-0.15, -0.1) is 0 Å². The second-order valence-corrected chi connectivity index (χ2v) is 16.0. The molecule has 2 saturated carbocycles. The number of amides is 4. The van der Waals surface area contributed by atoms with Gasteiger partial charge in [0.2, 0.25) is 11.8 Å². The Bertz CT molecular complexity index is 1880. The standard InChI is InChI=1S/C25H36N2O5.C24H34N2O5/c1-3-21(28)12-13-22(23(29)4-2)27-24(30)17-32-15-14-26-25(31)20-10-8-19(9-11-20)16-18-6-5-7-18;1-3-20(27)15-21(22(28)4-2)26-23(29)16-31-13-12-25-24(30)19-10-8-18(9-11-19)14-17-6-5-7-17/h8-11,18,22H,3-7,12-17H2,1-2H3,(H,26,31)(H,27,30);8-11,17,21H,3-7,12-16H2,1-2H3,(H,25,30)(H,26,29)/t22-;21-/m00/s1/i2*1D,2D. The van der Waals surface area contributed by atoms with Gasteiger partial charge in [-0.25, -0.2) is 0 Å². The van der Waals surface area contributed by atoms with E-state index in [4.69, 9.17) is 15.0 Å². The molecule has 2 atom stereocenters. The number of Topliss-reactive ketones (excluding diaryl/α,β-unsaturated/α-hetero) is 4. The number of ketones is 4. The van der Waals surface area contributed by atoms with Crippen LogP contribution in [0.25, 0.3) is 0 Å².